The standard InChI is InChI=1S/C15H20N2O2/c1-12-7-8-14(17(18)19)11-15(12)16-10-9-13-5-3-2-4-6-13/h5,7-8,11,16H,2-4,6,9-10H2,1H3. The average molecular weight is 260 g/mol. The molecular formula is C15H20N2O2. The van der Waals surface area contributed by atoms with Crippen molar-refractivity contribution in [2.24, 2.45) is 0 Å². The molecule has 0 atom stereocenters. The van der Waals surface area contributed by atoms with Crippen LogP contribution < -0.4 is 5.32 Å². The lowest BCUT2D eigenvalue weighted by atomic mass is 9.97. The number of hydrogen-bond donors (Lipinski definition) is 1. The molecule has 2 rings (SSSR count). The summed E-state index contributed by atoms with van der Waals surface area (Å²) < 4.78 is 0. The summed E-state index contributed by atoms with van der Waals surface area (Å²) in [6, 6.07) is 4.95. The number of nitrogens with one attached hydrogen (secondary N) is 1. The quantitative estimate of drug-likeness (QED) is 0.490. The predicted octanol–water partition coefficient (Wildman–Crippen LogP) is 4.21. The van der Waals surface area contributed by atoms with E-state index < -0.39 is 0 Å². The van der Waals surface area contributed by atoms with Gasteiger partial charge in [0.1, 0.15) is 0 Å². The summed E-state index contributed by atoms with van der Waals surface area (Å²) in [7, 11) is 0. The zero-order chi connectivity index (χ0) is 13.7. The molecule has 0 unspecified atom stereocenters. The fourth-order valence-corrected chi connectivity index (χ4v) is 2.40. The van der Waals surface area contributed by atoms with Gasteiger partial charge in [-0.15, -0.1) is 0 Å². The molecule has 4 nitrogen and oxygen atoms in total. The molecule has 1 aromatic carbocycles. The van der Waals surface area contributed by atoms with Gasteiger partial charge in [0, 0.05) is 24.4 Å². The first kappa shape index (κ1) is 13.6. The molecule has 0 heterocycles. The van der Waals surface area contributed by atoms with Gasteiger partial charge in [0.15, 0.2) is 0 Å². The normalized spacial score (nSPS) is 14.9. The van der Waals surface area contributed by atoms with Gasteiger partial charge in [0.05, 0.1) is 4.92 Å². The molecular weight excluding hydrogens is 240 g/mol. The van der Waals surface area contributed by atoms with Crippen LogP contribution in [0.4, 0.5) is 11.4 Å². The molecule has 1 N–H and O–H groups in total. The van der Waals surface area contributed by atoms with Crippen molar-refractivity contribution in [2.75, 3.05) is 11.9 Å². The number of allylic oxidation sites excluding steroid dienone is 1. The maximum absolute atomic E-state index is 10.8. The van der Waals surface area contributed by atoms with Gasteiger partial charge < -0.3 is 5.32 Å². The van der Waals surface area contributed by atoms with Crippen LogP contribution in [0.1, 0.15) is 37.7 Å². The van der Waals surface area contributed by atoms with E-state index in [0.29, 0.717) is 0 Å². The van der Waals surface area contributed by atoms with Gasteiger partial charge in [-0.3, -0.25) is 10.1 Å². The molecule has 102 valence electrons. The number of anilines is 1. The Hall–Kier alpha value is -1.84. The van der Waals surface area contributed by atoms with Gasteiger partial charge in [-0.1, -0.05) is 17.7 Å². The van der Waals surface area contributed by atoms with Crippen molar-refractivity contribution in [3.63, 3.8) is 0 Å². The monoisotopic (exact) mass is 260 g/mol. The van der Waals surface area contributed by atoms with E-state index >= 15 is 0 Å². The Kier molecular flexibility index (Phi) is 4.55. The summed E-state index contributed by atoms with van der Waals surface area (Å²) in [6.07, 6.45) is 8.37. The lowest BCUT2D eigenvalue weighted by Gasteiger charge is -2.14. The highest BCUT2D eigenvalue weighted by molar-refractivity contribution is 5.56. The molecule has 1 aliphatic rings. The summed E-state index contributed by atoms with van der Waals surface area (Å²) >= 11 is 0. The lowest BCUT2D eigenvalue weighted by Crippen LogP contribution is -2.06. The van der Waals surface area contributed by atoms with Crippen LogP contribution in [0.15, 0.2) is 29.8 Å². The highest BCUT2D eigenvalue weighted by Crippen LogP contribution is 2.23. The van der Waals surface area contributed by atoms with E-state index in [2.05, 4.69) is 11.4 Å². The Balaban J connectivity index is 1.93. The van der Waals surface area contributed by atoms with Crippen LogP contribution in [0.5, 0.6) is 0 Å². The van der Waals surface area contributed by atoms with Crippen LogP contribution in [0, 0.1) is 17.0 Å². The molecule has 0 saturated heterocycles. The first-order valence-corrected chi connectivity index (χ1v) is 6.83. The minimum atomic E-state index is -0.353. The highest BCUT2D eigenvalue weighted by atomic mass is 16.6. The van der Waals surface area contributed by atoms with Gasteiger partial charge in [-0.25, -0.2) is 0 Å². The third-order valence-electron chi connectivity index (χ3n) is 3.58. The van der Waals surface area contributed by atoms with Crippen molar-refractivity contribution in [3.05, 3.63) is 45.5 Å². The van der Waals surface area contributed by atoms with Crippen LogP contribution in [-0.2, 0) is 0 Å². The minimum absolute atomic E-state index is 0.144. The van der Waals surface area contributed by atoms with Gasteiger partial charge in [-0.05, 0) is 44.6 Å². The van der Waals surface area contributed by atoms with E-state index in [0.717, 1.165) is 24.2 Å². The summed E-state index contributed by atoms with van der Waals surface area (Å²) in [5, 5.41) is 14.1. The summed E-state index contributed by atoms with van der Waals surface area (Å²) in [4.78, 5) is 10.4. The number of benzene rings is 1. The summed E-state index contributed by atoms with van der Waals surface area (Å²) in [5.41, 5.74) is 3.57. The molecule has 0 fully saturated rings. The lowest BCUT2D eigenvalue weighted by molar-refractivity contribution is -0.384. The number of non-ortho nitro benzene ring substituents is 1. The average Bonchev–Trinajstić information content (AvgIpc) is 2.42. The van der Waals surface area contributed by atoms with E-state index in [1.165, 1.54) is 31.3 Å². The molecule has 0 aromatic heterocycles. The molecule has 4 heteroatoms. The smallest absolute Gasteiger partial charge is 0.271 e. The molecule has 1 aromatic rings. The van der Waals surface area contributed by atoms with Crippen molar-refractivity contribution in [1.29, 1.82) is 0 Å². The van der Waals surface area contributed by atoms with E-state index in [9.17, 15) is 10.1 Å². The minimum Gasteiger partial charge on any atom is -0.384 e. The van der Waals surface area contributed by atoms with Crippen LogP contribution in [0.3, 0.4) is 0 Å². The third-order valence-corrected chi connectivity index (χ3v) is 3.58. The Morgan fingerprint density at radius 2 is 2.21 bits per heavy atom. The highest BCUT2D eigenvalue weighted by Gasteiger charge is 2.08. The largest absolute Gasteiger partial charge is 0.384 e. The Morgan fingerprint density at radius 1 is 1.37 bits per heavy atom. The van der Waals surface area contributed by atoms with Crippen LogP contribution in [0.2, 0.25) is 0 Å². The van der Waals surface area contributed by atoms with Crippen molar-refractivity contribution in [2.45, 2.75) is 39.0 Å². The number of rotatable bonds is 5. The zero-order valence-electron chi connectivity index (χ0n) is 11.3. The van der Waals surface area contributed by atoms with Crippen LogP contribution >= 0.6 is 0 Å². The number of nitro benzene ring substituents is 1. The first-order valence-electron chi connectivity index (χ1n) is 6.83. The predicted molar refractivity (Wildman–Crippen MR) is 77.5 cm³/mol. The van der Waals surface area contributed by atoms with Crippen molar-refractivity contribution in [1.82, 2.24) is 0 Å². The molecule has 0 amide bonds. The van der Waals surface area contributed by atoms with Crippen LogP contribution in [0.25, 0.3) is 0 Å². The molecule has 0 spiro atoms. The Morgan fingerprint density at radius 3 is 2.89 bits per heavy atom. The second-order valence-corrected chi connectivity index (χ2v) is 5.04. The number of nitrogens with zero attached hydrogens (tertiary/aromatic N) is 1. The van der Waals surface area contributed by atoms with Crippen molar-refractivity contribution in [3.8, 4) is 0 Å². The Bertz CT molecular complexity index is 495. The molecule has 0 saturated carbocycles. The van der Waals surface area contributed by atoms with Crippen molar-refractivity contribution >= 4 is 11.4 Å². The SMILES string of the molecule is Cc1ccc([N+](=O)[O-])cc1NCCC1=CCCCC1. The maximum Gasteiger partial charge on any atom is 0.271 e. The zero-order valence-corrected chi connectivity index (χ0v) is 11.3. The Labute approximate surface area is 113 Å². The number of hydrogen-bond acceptors (Lipinski definition) is 3. The fraction of sp³-hybridized carbons (Fsp3) is 0.467. The van der Waals surface area contributed by atoms with E-state index in [1.54, 1.807) is 18.2 Å². The molecule has 0 aliphatic heterocycles. The number of aryl methyl sites for hydroxylation is 1. The van der Waals surface area contributed by atoms with Crippen LogP contribution in [-0.4, -0.2) is 11.5 Å². The number of nitro groups is 1. The van der Waals surface area contributed by atoms with E-state index in [1.807, 2.05) is 6.92 Å². The third kappa shape index (κ3) is 3.81. The maximum atomic E-state index is 10.8. The van der Waals surface area contributed by atoms with E-state index in [-0.39, 0.29) is 10.6 Å². The van der Waals surface area contributed by atoms with E-state index in [4.69, 9.17) is 0 Å². The second-order valence-electron chi connectivity index (χ2n) is 5.04. The second kappa shape index (κ2) is 6.36. The van der Waals surface area contributed by atoms with Gasteiger partial charge in [0.25, 0.3) is 5.69 Å². The van der Waals surface area contributed by atoms with Crippen molar-refractivity contribution < 1.29 is 4.92 Å². The molecule has 0 radical (unpaired) electrons. The van der Waals surface area contributed by atoms with Gasteiger partial charge in [-0.2, -0.15) is 0 Å². The molecule has 19 heavy (non-hydrogen) atoms. The topological polar surface area (TPSA) is 55.2 Å². The summed E-state index contributed by atoms with van der Waals surface area (Å²) in [5.74, 6) is 0. The molecule has 0 bridgehead atoms. The van der Waals surface area contributed by atoms with Gasteiger partial charge >= 0.3 is 0 Å². The first-order chi connectivity index (χ1) is 9.16. The molecule has 1 aliphatic carbocycles. The summed E-state index contributed by atoms with van der Waals surface area (Å²) in [6.45, 7) is 2.81. The van der Waals surface area contributed by atoms with Gasteiger partial charge in [0.2, 0.25) is 0 Å². The fourth-order valence-electron chi connectivity index (χ4n) is 2.40.